The number of carbonyl (C=O) groups excluding carboxylic acids is 1. The Balaban J connectivity index is 1.71. The molecule has 0 atom stereocenters. The molecule has 0 aromatic heterocycles. The van der Waals surface area contributed by atoms with Crippen molar-refractivity contribution < 1.29 is 9.53 Å². The predicted octanol–water partition coefficient (Wildman–Crippen LogP) is 2.51. The Morgan fingerprint density at radius 3 is 2.53 bits per heavy atom. The standard InChI is InChI=1S/C15H22N2O2/c1-13(18)16-14-5-7-15(8-6-14)19-12-11-17-9-3-2-4-10-17/h5-8H,2-4,9-12H2,1H3,(H,16,18). The zero-order valence-electron chi connectivity index (χ0n) is 11.5. The van der Waals surface area contributed by atoms with Gasteiger partial charge in [-0.05, 0) is 50.2 Å². The fourth-order valence-electron chi connectivity index (χ4n) is 2.31. The zero-order valence-corrected chi connectivity index (χ0v) is 11.5. The molecule has 4 nitrogen and oxygen atoms in total. The van der Waals surface area contributed by atoms with E-state index in [4.69, 9.17) is 4.74 Å². The number of carbonyl (C=O) groups is 1. The van der Waals surface area contributed by atoms with Crippen molar-refractivity contribution >= 4 is 11.6 Å². The van der Waals surface area contributed by atoms with Crippen LogP contribution in [0, 0.1) is 0 Å². The average molecular weight is 262 g/mol. The van der Waals surface area contributed by atoms with Crippen LogP contribution in [0.2, 0.25) is 0 Å². The number of piperidine rings is 1. The van der Waals surface area contributed by atoms with Gasteiger partial charge in [-0.1, -0.05) is 6.42 Å². The Kier molecular flexibility index (Phi) is 5.21. The van der Waals surface area contributed by atoms with Gasteiger partial charge in [0.25, 0.3) is 0 Å². The van der Waals surface area contributed by atoms with Gasteiger partial charge in [0, 0.05) is 19.2 Å². The molecule has 1 fully saturated rings. The fourth-order valence-corrected chi connectivity index (χ4v) is 2.31. The number of rotatable bonds is 5. The second kappa shape index (κ2) is 7.14. The van der Waals surface area contributed by atoms with Gasteiger partial charge in [0.1, 0.15) is 12.4 Å². The molecular weight excluding hydrogens is 240 g/mol. The minimum absolute atomic E-state index is 0.0567. The van der Waals surface area contributed by atoms with Crippen molar-refractivity contribution in [1.29, 1.82) is 0 Å². The van der Waals surface area contributed by atoms with Crippen molar-refractivity contribution in [3.63, 3.8) is 0 Å². The highest BCUT2D eigenvalue weighted by atomic mass is 16.5. The van der Waals surface area contributed by atoms with Gasteiger partial charge in [0.15, 0.2) is 0 Å². The van der Waals surface area contributed by atoms with Crippen molar-refractivity contribution in [2.75, 3.05) is 31.6 Å². The van der Waals surface area contributed by atoms with E-state index in [9.17, 15) is 4.79 Å². The van der Waals surface area contributed by atoms with E-state index in [1.807, 2.05) is 24.3 Å². The molecule has 0 spiro atoms. The van der Waals surface area contributed by atoms with Crippen LogP contribution in [0.25, 0.3) is 0 Å². The van der Waals surface area contributed by atoms with Gasteiger partial charge in [-0.3, -0.25) is 9.69 Å². The predicted molar refractivity (Wildman–Crippen MR) is 76.5 cm³/mol. The highest BCUT2D eigenvalue weighted by Gasteiger charge is 2.09. The lowest BCUT2D eigenvalue weighted by Crippen LogP contribution is -2.33. The monoisotopic (exact) mass is 262 g/mol. The van der Waals surface area contributed by atoms with Crippen LogP contribution in [0.1, 0.15) is 26.2 Å². The molecule has 2 rings (SSSR count). The van der Waals surface area contributed by atoms with Crippen LogP contribution in [0.15, 0.2) is 24.3 Å². The van der Waals surface area contributed by atoms with Crippen molar-refractivity contribution in [3.05, 3.63) is 24.3 Å². The summed E-state index contributed by atoms with van der Waals surface area (Å²) in [6.45, 7) is 5.62. The Morgan fingerprint density at radius 1 is 1.21 bits per heavy atom. The van der Waals surface area contributed by atoms with E-state index < -0.39 is 0 Å². The maximum atomic E-state index is 10.9. The molecule has 1 aliphatic rings. The van der Waals surface area contributed by atoms with Crippen LogP contribution in [0.4, 0.5) is 5.69 Å². The second-order valence-electron chi connectivity index (χ2n) is 4.96. The molecule has 0 unspecified atom stereocenters. The number of anilines is 1. The summed E-state index contributed by atoms with van der Waals surface area (Å²) in [5, 5.41) is 2.74. The summed E-state index contributed by atoms with van der Waals surface area (Å²) in [6, 6.07) is 7.50. The molecule has 1 N–H and O–H groups in total. The maximum absolute atomic E-state index is 10.9. The lowest BCUT2D eigenvalue weighted by molar-refractivity contribution is -0.114. The molecule has 0 aliphatic carbocycles. The van der Waals surface area contributed by atoms with Crippen molar-refractivity contribution in [2.45, 2.75) is 26.2 Å². The SMILES string of the molecule is CC(=O)Nc1ccc(OCCN2CCCCC2)cc1. The summed E-state index contributed by atoms with van der Waals surface area (Å²) < 4.78 is 5.71. The number of hydrogen-bond donors (Lipinski definition) is 1. The van der Waals surface area contributed by atoms with Crippen molar-refractivity contribution in [3.8, 4) is 5.75 Å². The first-order chi connectivity index (χ1) is 9.24. The summed E-state index contributed by atoms with van der Waals surface area (Å²) >= 11 is 0. The molecule has 1 aromatic carbocycles. The third-order valence-electron chi connectivity index (χ3n) is 3.30. The average Bonchev–Trinajstić information content (AvgIpc) is 2.41. The van der Waals surface area contributed by atoms with E-state index in [1.54, 1.807) is 0 Å². The highest BCUT2D eigenvalue weighted by Crippen LogP contribution is 2.16. The fraction of sp³-hybridized carbons (Fsp3) is 0.533. The second-order valence-corrected chi connectivity index (χ2v) is 4.96. The Labute approximate surface area is 114 Å². The normalized spacial score (nSPS) is 16.1. The zero-order chi connectivity index (χ0) is 13.5. The van der Waals surface area contributed by atoms with Crippen molar-refractivity contribution in [1.82, 2.24) is 4.90 Å². The Hall–Kier alpha value is -1.55. The smallest absolute Gasteiger partial charge is 0.221 e. The number of amides is 1. The lowest BCUT2D eigenvalue weighted by atomic mass is 10.1. The summed E-state index contributed by atoms with van der Waals surface area (Å²) in [5.74, 6) is 0.796. The number of benzene rings is 1. The number of nitrogens with one attached hydrogen (secondary N) is 1. The molecule has 1 aromatic rings. The van der Waals surface area contributed by atoms with Gasteiger partial charge >= 0.3 is 0 Å². The number of hydrogen-bond acceptors (Lipinski definition) is 3. The first-order valence-corrected chi connectivity index (χ1v) is 6.97. The van der Waals surface area contributed by atoms with E-state index in [0.29, 0.717) is 0 Å². The van der Waals surface area contributed by atoms with Gasteiger partial charge in [-0.2, -0.15) is 0 Å². The minimum atomic E-state index is -0.0567. The topological polar surface area (TPSA) is 41.6 Å². The van der Waals surface area contributed by atoms with Crippen molar-refractivity contribution in [2.24, 2.45) is 0 Å². The number of ether oxygens (including phenoxy) is 1. The maximum Gasteiger partial charge on any atom is 0.221 e. The van der Waals surface area contributed by atoms with Gasteiger partial charge in [0.2, 0.25) is 5.91 Å². The molecule has 104 valence electrons. The molecule has 0 radical (unpaired) electrons. The largest absolute Gasteiger partial charge is 0.492 e. The molecule has 1 heterocycles. The van der Waals surface area contributed by atoms with E-state index in [1.165, 1.54) is 39.3 Å². The summed E-state index contributed by atoms with van der Waals surface area (Å²) in [6.07, 6.45) is 3.98. The van der Waals surface area contributed by atoms with Gasteiger partial charge in [0.05, 0.1) is 0 Å². The highest BCUT2D eigenvalue weighted by molar-refractivity contribution is 5.88. The van der Waals surface area contributed by atoms with Gasteiger partial charge in [-0.25, -0.2) is 0 Å². The summed E-state index contributed by atoms with van der Waals surface area (Å²) in [4.78, 5) is 13.4. The third-order valence-corrected chi connectivity index (χ3v) is 3.30. The van der Waals surface area contributed by atoms with Crippen LogP contribution in [-0.4, -0.2) is 37.0 Å². The molecule has 19 heavy (non-hydrogen) atoms. The minimum Gasteiger partial charge on any atom is -0.492 e. The van der Waals surface area contributed by atoms with Crippen LogP contribution in [0.3, 0.4) is 0 Å². The van der Waals surface area contributed by atoms with Gasteiger partial charge in [-0.15, -0.1) is 0 Å². The van der Waals surface area contributed by atoms with Crippen LogP contribution in [-0.2, 0) is 4.79 Å². The molecule has 1 aliphatic heterocycles. The van der Waals surface area contributed by atoms with E-state index in [0.717, 1.165) is 24.6 Å². The van der Waals surface area contributed by atoms with Crippen LogP contribution in [0.5, 0.6) is 5.75 Å². The third kappa shape index (κ3) is 4.91. The van der Waals surface area contributed by atoms with Crippen LogP contribution >= 0.6 is 0 Å². The number of nitrogens with zero attached hydrogens (tertiary/aromatic N) is 1. The lowest BCUT2D eigenvalue weighted by Gasteiger charge is -2.26. The molecule has 0 bridgehead atoms. The molecular formula is C15H22N2O2. The Morgan fingerprint density at radius 2 is 1.89 bits per heavy atom. The van der Waals surface area contributed by atoms with E-state index in [2.05, 4.69) is 10.2 Å². The first-order valence-electron chi connectivity index (χ1n) is 6.97. The molecule has 1 amide bonds. The molecule has 1 saturated heterocycles. The molecule has 4 heteroatoms. The van der Waals surface area contributed by atoms with E-state index >= 15 is 0 Å². The molecule has 0 saturated carbocycles. The first kappa shape index (κ1) is 13.9. The quantitative estimate of drug-likeness (QED) is 0.886. The Bertz CT molecular complexity index is 397. The summed E-state index contributed by atoms with van der Waals surface area (Å²) in [7, 11) is 0. The van der Waals surface area contributed by atoms with Crippen LogP contribution < -0.4 is 10.1 Å². The van der Waals surface area contributed by atoms with E-state index in [-0.39, 0.29) is 5.91 Å². The van der Waals surface area contributed by atoms with Gasteiger partial charge < -0.3 is 10.1 Å². The number of likely N-dealkylation sites (tertiary alicyclic amines) is 1. The summed E-state index contributed by atoms with van der Waals surface area (Å²) in [5.41, 5.74) is 0.802.